The molecule has 0 atom stereocenters. The van der Waals surface area contributed by atoms with E-state index in [0.717, 1.165) is 17.1 Å². The molecule has 0 aliphatic heterocycles. The Kier molecular flexibility index (Phi) is 5.36. The van der Waals surface area contributed by atoms with Gasteiger partial charge in [-0.15, -0.1) is 11.6 Å². The highest BCUT2D eigenvalue weighted by molar-refractivity contribution is 6.19. The quantitative estimate of drug-likeness (QED) is 0.740. The molecular weight excluding hydrogens is 236 g/mol. The Morgan fingerprint density at radius 3 is 2.35 bits per heavy atom. The van der Waals surface area contributed by atoms with Crippen LogP contribution < -0.4 is 9.47 Å². The minimum absolute atomic E-state index is 0.445. The van der Waals surface area contributed by atoms with Crippen molar-refractivity contribution in [2.24, 2.45) is 5.92 Å². The fourth-order valence-corrected chi connectivity index (χ4v) is 1.90. The third-order valence-corrected chi connectivity index (χ3v) is 2.96. The molecule has 0 amide bonds. The number of allylic oxidation sites excluding steroid dienone is 1. The third kappa shape index (κ3) is 3.67. The molecule has 0 spiro atoms. The maximum Gasteiger partial charge on any atom is 0.161 e. The van der Waals surface area contributed by atoms with Gasteiger partial charge in [-0.1, -0.05) is 31.6 Å². The van der Waals surface area contributed by atoms with Gasteiger partial charge in [0, 0.05) is 5.88 Å². The zero-order valence-corrected chi connectivity index (χ0v) is 11.5. The molecule has 3 heteroatoms. The number of rotatable bonds is 5. The molecular formula is C14H19ClO2. The molecule has 0 heterocycles. The van der Waals surface area contributed by atoms with Crippen molar-refractivity contribution >= 4 is 17.7 Å². The molecule has 1 aromatic rings. The molecule has 1 aromatic carbocycles. The normalized spacial score (nSPS) is 11.8. The highest BCUT2D eigenvalue weighted by Crippen LogP contribution is 2.29. The van der Waals surface area contributed by atoms with Gasteiger partial charge in [-0.05, 0) is 23.6 Å². The van der Waals surface area contributed by atoms with Gasteiger partial charge in [0.1, 0.15) is 0 Å². The van der Waals surface area contributed by atoms with E-state index in [1.54, 1.807) is 14.2 Å². The van der Waals surface area contributed by atoms with Crippen LogP contribution in [0.5, 0.6) is 11.5 Å². The number of hydrogen-bond acceptors (Lipinski definition) is 2. The van der Waals surface area contributed by atoms with Gasteiger partial charge in [-0.2, -0.15) is 0 Å². The summed E-state index contributed by atoms with van der Waals surface area (Å²) in [6, 6.07) is 5.85. The van der Waals surface area contributed by atoms with Crippen LogP contribution in [0, 0.1) is 5.92 Å². The zero-order valence-electron chi connectivity index (χ0n) is 10.8. The van der Waals surface area contributed by atoms with E-state index in [4.69, 9.17) is 21.1 Å². The Labute approximate surface area is 108 Å². The molecule has 0 N–H and O–H groups in total. The third-order valence-electron chi connectivity index (χ3n) is 2.66. The van der Waals surface area contributed by atoms with Crippen LogP contribution in [0.2, 0.25) is 0 Å². The van der Waals surface area contributed by atoms with Crippen LogP contribution in [-0.4, -0.2) is 20.1 Å². The van der Waals surface area contributed by atoms with E-state index in [-0.39, 0.29) is 0 Å². The Morgan fingerprint density at radius 1 is 1.24 bits per heavy atom. The first kappa shape index (κ1) is 13.9. The second-order valence-corrected chi connectivity index (χ2v) is 4.39. The molecule has 0 saturated heterocycles. The van der Waals surface area contributed by atoms with Gasteiger partial charge in [0.25, 0.3) is 0 Å². The fourth-order valence-electron chi connectivity index (χ4n) is 1.52. The number of benzene rings is 1. The van der Waals surface area contributed by atoms with Crippen LogP contribution in [0.3, 0.4) is 0 Å². The van der Waals surface area contributed by atoms with Gasteiger partial charge < -0.3 is 9.47 Å². The van der Waals surface area contributed by atoms with E-state index >= 15 is 0 Å². The largest absolute Gasteiger partial charge is 0.493 e. The van der Waals surface area contributed by atoms with Crippen molar-refractivity contribution in [2.75, 3.05) is 20.1 Å². The topological polar surface area (TPSA) is 18.5 Å². The summed E-state index contributed by atoms with van der Waals surface area (Å²) in [6.07, 6.45) is 2.10. The maximum atomic E-state index is 5.92. The van der Waals surface area contributed by atoms with E-state index < -0.39 is 0 Å². The molecule has 0 unspecified atom stereocenters. The first-order valence-electron chi connectivity index (χ1n) is 5.60. The molecule has 0 aromatic heterocycles. The molecule has 0 bridgehead atoms. The standard InChI is InChI=1S/C14H19ClO2/c1-10(2)12(9-15)7-11-5-6-13(16-3)14(8-11)17-4/h5-8,10H,9H2,1-4H3. The number of alkyl halides is 1. The lowest BCUT2D eigenvalue weighted by Crippen LogP contribution is -1.96. The Balaban J connectivity index is 3.07. The maximum absolute atomic E-state index is 5.92. The Morgan fingerprint density at radius 2 is 1.88 bits per heavy atom. The van der Waals surface area contributed by atoms with E-state index in [2.05, 4.69) is 19.9 Å². The molecule has 17 heavy (non-hydrogen) atoms. The second-order valence-electron chi connectivity index (χ2n) is 4.12. The molecule has 0 fully saturated rings. The van der Waals surface area contributed by atoms with Gasteiger partial charge in [0.05, 0.1) is 14.2 Å². The van der Waals surface area contributed by atoms with Gasteiger partial charge in [0.15, 0.2) is 11.5 Å². The summed E-state index contributed by atoms with van der Waals surface area (Å²) in [7, 11) is 3.27. The number of halogens is 1. The van der Waals surface area contributed by atoms with Gasteiger partial charge in [0.2, 0.25) is 0 Å². The lowest BCUT2D eigenvalue weighted by atomic mass is 10.0. The first-order valence-corrected chi connectivity index (χ1v) is 6.14. The number of ether oxygens (including phenoxy) is 2. The van der Waals surface area contributed by atoms with Gasteiger partial charge in [-0.25, -0.2) is 0 Å². The highest BCUT2D eigenvalue weighted by atomic mass is 35.5. The van der Waals surface area contributed by atoms with Crippen molar-refractivity contribution in [3.05, 3.63) is 29.3 Å². The van der Waals surface area contributed by atoms with E-state index in [9.17, 15) is 0 Å². The minimum Gasteiger partial charge on any atom is -0.493 e. The smallest absolute Gasteiger partial charge is 0.161 e. The van der Waals surface area contributed by atoms with Crippen LogP contribution in [0.25, 0.3) is 6.08 Å². The molecule has 1 rings (SSSR count). The predicted octanol–water partition coefficient (Wildman–Crippen LogP) is 3.98. The van der Waals surface area contributed by atoms with Crippen LogP contribution in [0.15, 0.2) is 23.8 Å². The highest BCUT2D eigenvalue weighted by Gasteiger charge is 2.05. The van der Waals surface area contributed by atoms with Crippen LogP contribution >= 0.6 is 11.6 Å². The number of hydrogen-bond donors (Lipinski definition) is 0. The van der Waals surface area contributed by atoms with Crippen LogP contribution in [0.1, 0.15) is 19.4 Å². The lowest BCUT2D eigenvalue weighted by Gasteiger charge is -2.10. The molecule has 0 aliphatic carbocycles. The fraction of sp³-hybridized carbons (Fsp3) is 0.429. The van der Waals surface area contributed by atoms with Crippen LogP contribution in [0.4, 0.5) is 0 Å². The summed E-state index contributed by atoms with van der Waals surface area (Å²) in [5.74, 6) is 2.47. The summed E-state index contributed by atoms with van der Waals surface area (Å²) < 4.78 is 10.5. The SMILES string of the molecule is COc1ccc(C=C(CCl)C(C)C)cc1OC. The summed E-state index contributed by atoms with van der Waals surface area (Å²) in [6.45, 7) is 4.27. The average molecular weight is 255 g/mol. The summed E-state index contributed by atoms with van der Waals surface area (Å²) >= 11 is 5.92. The molecule has 94 valence electrons. The summed E-state index contributed by atoms with van der Waals surface area (Å²) in [5.41, 5.74) is 2.28. The zero-order chi connectivity index (χ0) is 12.8. The number of methoxy groups -OCH3 is 2. The van der Waals surface area contributed by atoms with Crippen molar-refractivity contribution in [1.82, 2.24) is 0 Å². The Hall–Kier alpha value is -1.15. The molecule has 0 aliphatic rings. The second kappa shape index (κ2) is 6.55. The van der Waals surface area contributed by atoms with Gasteiger partial charge >= 0.3 is 0 Å². The van der Waals surface area contributed by atoms with E-state index in [1.807, 2.05) is 18.2 Å². The Bertz CT molecular complexity index is 397. The monoisotopic (exact) mass is 254 g/mol. The summed E-state index contributed by atoms with van der Waals surface area (Å²) in [5, 5.41) is 0. The van der Waals surface area contributed by atoms with Crippen LogP contribution in [-0.2, 0) is 0 Å². The van der Waals surface area contributed by atoms with E-state index in [0.29, 0.717) is 11.8 Å². The van der Waals surface area contributed by atoms with Gasteiger partial charge in [-0.3, -0.25) is 0 Å². The van der Waals surface area contributed by atoms with Crippen molar-refractivity contribution in [3.8, 4) is 11.5 Å². The predicted molar refractivity (Wildman–Crippen MR) is 73.1 cm³/mol. The average Bonchev–Trinajstić information content (AvgIpc) is 2.35. The van der Waals surface area contributed by atoms with E-state index in [1.165, 1.54) is 5.57 Å². The molecule has 2 nitrogen and oxygen atoms in total. The minimum atomic E-state index is 0.445. The lowest BCUT2D eigenvalue weighted by molar-refractivity contribution is 0.355. The van der Waals surface area contributed by atoms with Crippen molar-refractivity contribution in [1.29, 1.82) is 0 Å². The summed E-state index contributed by atoms with van der Waals surface area (Å²) in [4.78, 5) is 0. The van der Waals surface area contributed by atoms with Crippen molar-refractivity contribution in [3.63, 3.8) is 0 Å². The molecule has 0 saturated carbocycles. The first-order chi connectivity index (χ1) is 8.12. The molecule has 0 radical (unpaired) electrons. The van der Waals surface area contributed by atoms with Crippen molar-refractivity contribution < 1.29 is 9.47 Å². The van der Waals surface area contributed by atoms with Crippen molar-refractivity contribution in [2.45, 2.75) is 13.8 Å².